The molecule has 4 aromatic heterocycles. The van der Waals surface area contributed by atoms with Crippen molar-refractivity contribution in [1.29, 1.82) is 0 Å². The first-order valence-corrected chi connectivity index (χ1v) is 12.9. The second-order valence-electron chi connectivity index (χ2n) is 7.00. The Kier molecular flexibility index (Phi) is 4.69. The van der Waals surface area contributed by atoms with E-state index >= 15 is 0 Å². The minimum absolute atomic E-state index is 0.635. The summed E-state index contributed by atoms with van der Waals surface area (Å²) >= 11 is 7.37. The van der Waals surface area contributed by atoms with E-state index in [1.807, 2.05) is 46.1 Å². The van der Waals surface area contributed by atoms with Crippen LogP contribution in [0.4, 0.5) is 0 Å². The number of hydrogen-bond acceptors (Lipinski definition) is 5. The van der Waals surface area contributed by atoms with Gasteiger partial charge in [0.05, 0.1) is 0 Å². The number of rotatable bonds is 4. The summed E-state index contributed by atoms with van der Waals surface area (Å²) in [6.07, 6.45) is 6.68. The van der Waals surface area contributed by atoms with Crippen molar-refractivity contribution in [1.82, 2.24) is 0 Å². The highest BCUT2D eigenvalue weighted by molar-refractivity contribution is 7.31. The van der Waals surface area contributed by atoms with E-state index in [0.29, 0.717) is 6.61 Å². The summed E-state index contributed by atoms with van der Waals surface area (Å²) in [5.41, 5.74) is 2.41. The Balaban J connectivity index is 1.26. The van der Waals surface area contributed by atoms with Crippen molar-refractivity contribution in [3.63, 3.8) is 0 Å². The highest BCUT2D eigenvalue weighted by atomic mass is 32.1. The third-order valence-electron chi connectivity index (χ3n) is 4.98. The maximum Gasteiger partial charge on any atom is 0.127 e. The van der Waals surface area contributed by atoms with Gasteiger partial charge < -0.3 is 4.74 Å². The van der Waals surface area contributed by atoms with Crippen LogP contribution in [0.1, 0.15) is 20.2 Å². The summed E-state index contributed by atoms with van der Waals surface area (Å²) in [6, 6.07) is 21.6. The first-order chi connectivity index (χ1) is 14.8. The fraction of sp³-hybridized carbons (Fsp3) is 0.0400. The zero-order valence-corrected chi connectivity index (χ0v) is 19.1. The number of hydrogen-bond donors (Lipinski definition) is 0. The number of para-hydroxylation sites is 1. The van der Waals surface area contributed by atoms with Gasteiger partial charge in [0.1, 0.15) is 12.4 Å². The van der Waals surface area contributed by atoms with Crippen LogP contribution in [0.5, 0.6) is 5.75 Å². The Morgan fingerprint density at radius 3 is 2.50 bits per heavy atom. The Morgan fingerprint density at radius 1 is 0.733 bits per heavy atom. The molecule has 0 unspecified atom stereocenters. The minimum Gasteiger partial charge on any atom is -0.488 e. The molecule has 0 fully saturated rings. The molecule has 0 atom stereocenters. The van der Waals surface area contributed by atoms with Gasteiger partial charge in [-0.1, -0.05) is 24.3 Å². The standard InChI is InChI=1S/C25H16OS4/c1-2-6-20-16(4-1)12-17(15-26-20)21-9-10-22(29-21)24-14-25-23(30-24)13-19(28-25)8-7-18-5-3-11-27-18/h1-14H,15H2/b8-7+. The van der Waals surface area contributed by atoms with Gasteiger partial charge in [0.2, 0.25) is 0 Å². The zero-order chi connectivity index (χ0) is 19.9. The fourth-order valence-corrected chi connectivity index (χ4v) is 7.53. The molecule has 0 radical (unpaired) electrons. The van der Waals surface area contributed by atoms with Crippen LogP contribution in [-0.4, -0.2) is 6.61 Å². The molecule has 5 aromatic rings. The average Bonchev–Trinajstić information content (AvgIpc) is 3.55. The van der Waals surface area contributed by atoms with Gasteiger partial charge in [0.25, 0.3) is 0 Å². The van der Waals surface area contributed by atoms with E-state index < -0.39 is 0 Å². The summed E-state index contributed by atoms with van der Waals surface area (Å²) in [5, 5.41) is 2.11. The first-order valence-electron chi connectivity index (χ1n) is 9.60. The minimum atomic E-state index is 0.635. The highest BCUT2D eigenvalue weighted by Crippen LogP contribution is 2.43. The predicted molar refractivity (Wildman–Crippen MR) is 136 cm³/mol. The summed E-state index contributed by atoms with van der Waals surface area (Å²) in [7, 11) is 0. The third-order valence-corrected chi connectivity index (χ3v) is 9.43. The van der Waals surface area contributed by atoms with Crippen LogP contribution >= 0.6 is 45.3 Å². The molecule has 0 saturated carbocycles. The van der Waals surface area contributed by atoms with Crippen LogP contribution in [-0.2, 0) is 0 Å². The van der Waals surface area contributed by atoms with E-state index in [9.17, 15) is 0 Å². The Bertz CT molecular complexity index is 1360. The molecule has 0 spiro atoms. The van der Waals surface area contributed by atoms with E-state index in [-0.39, 0.29) is 0 Å². The summed E-state index contributed by atoms with van der Waals surface area (Å²) in [6.45, 7) is 0.635. The molecule has 1 nitrogen and oxygen atoms in total. The second kappa shape index (κ2) is 7.67. The lowest BCUT2D eigenvalue weighted by molar-refractivity contribution is 0.366. The maximum absolute atomic E-state index is 5.94. The van der Waals surface area contributed by atoms with Crippen LogP contribution in [0.2, 0.25) is 0 Å². The molecule has 0 bridgehead atoms. The van der Waals surface area contributed by atoms with E-state index in [4.69, 9.17) is 4.74 Å². The van der Waals surface area contributed by atoms with Gasteiger partial charge in [-0.25, -0.2) is 0 Å². The van der Waals surface area contributed by atoms with Crippen LogP contribution in [0.15, 0.2) is 66.0 Å². The molecule has 1 aliphatic heterocycles. The number of benzene rings is 1. The number of ether oxygens (including phenoxy) is 1. The third kappa shape index (κ3) is 3.48. The van der Waals surface area contributed by atoms with Crippen LogP contribution in [0.3, 0.4) is 0 Å². The molecular formula is C25H16OS4. The van der Waals surface area contributed by atoms with E-state index in [1.165, 1.54) is 39.4 Å². The van der Waals surface area contributed by atoms with Gasteiger partial charge >= 0.3 is 0 Å². The molecule has 5 heteroatoms. The molecule has 30 heavy (non-hydrogen) atoms. The monoisotopic (exact) mass is 460 g/mol. The second-order valence-corrected chi connectivity index (χ2v) is 11.3. The SMILES string of the molecule is C1=C(c2ccc(-c3cc4sc(/C=C/c5cccs5)cc4s3)s2)COc2ccccc21. The molecule has 1 aromatic carbocycles. The topological polar surface area (TPSA) is 9.23 Å². The van der Waals surface area contributed by atoms with Crippen molar-refractivity contribution in [2.24, 2.45) is 0 Å². The number of thiophene rings is 4. The fourth-order valence-electron chi connectivity index (χ4n) is 3.51. The largest absolute Gasteiger partial charge is 0.488 e. The smallest absolute Gasteiger partial charge is 0.127 e. The van der Waals surface area contributed by atoms with Gasteiger partial charge in [-0.05, 0) is 60.0 Å². The average molecular weight is 461 g/mol. The van der Waals surface area contributed by atoms with E-state index in [2.05, 4.69) is 72.1 Å². The van der Waals surface area contributed by atoms with Crippen LogP contribution in [0, 0.1) is 0 Å². The Hall–Kier alpha value is -2.44. The van der Waals surface area contributed by atoms with Crippen molar-refractivity contribution in [3.05, 3.63) is 86.2 Å². The molecule has 1 aliphatic rings. The van der Waals surface area contributed by atoms with E-state index in [1.54, 1.807) is 11.3 Å². The zero-order valence-electron chi connectivity index (χ0n) is 15.8. The quantitative estimate of drug-likeness (QED) is 0.260. The van der Waals surface area contributed by atoms with Gasteiger partial charge in [0, 0.05) is 44.9 Å². The molecule has 0 N–H and O–H groups in total. The molecular weight excluding hydrogens is 445 g/mol. The molecule has 146 valence electrons. The maximum atomic E-state index is 5.94. The highest BCUT2D eigenvalue weighted by Gasteiger charge is 2.15. The molecule has 6 rings (SSSR count). The number of fused-ring (bicyclic) bond motifs is 2. The van der Waals surface area contributed by atoms with E-state index in [0.717, 1.165) is 11.3 Å². The van der Waals surface area contributed by atoms with Crippen LogP contribution < -0.4 is 4.74 Å². The lowest BCUT2D eigenvalue weighted by atomic mass is 10.1. The van der Waals surface area contributed by atoms with Gasteiger partial charge in [-0.15, -0.1) is 45.3 Å². The lowest BCUT2D eigenvalue weighted by Crippen LogP contribution is -2.05. The first kappa shape index (κ1) is 18.3. The van der Waals surface area contributed by atoms with Crippen molar-refractivity contribution in [3.8, 4) is 15.5 Å². The van der Waals surface area contributed by atoms with Crippen molar-refractivity contribution in [2.45, 2.75) is 0 Å². The normalized spacial score (nSPS) is 13.5. The summed E-state index contributed by atoms with van der Waals surface area (Å²) < 4.78 is 8.67. The van der Waals surface area contributed by atoms with Crippen molar-refractivity contribution in [2.75, 3.05) is 6.61 Å². The Morgan fingerprint density at radius 2 is 1.60 bits per heavy atom. The lowest BCUT2D eigenvalue weighted by Gasteiger charge is -2.16. The summed E-state index contributed by atoms with van der Waals surface area (Å²) in [4.78, 5) is 6.57. The molecule has 0 aliphatic carbocycles. The van der Waals surface area contributed by atoms with Crippen LogP contribution in [0.25, 0.3) is 43.0 Å². The molecule has 5 heterocycles. The summed E-state index contributed by atoms with van der Waals surface area (Å²) in [5.74, 6) is 0.973. The predicted octanol–water partition coefficient (Wildman–Crippen LogP) is 8.86. The molecule has 0 amide bonds. The molecule has 0 saturated heterocycles. The Labute approximate surface area is 190 Å². The van der Waals surface area contributed by atoms with Gasteiger partial charge in [-0.2, -0.15) is 0 Å². The van der Waals surface area contributed by atoms with Crippen molar-refractivity contribution < 1.29 is 4.74 Å². The van der Waals surface area contributed by atoms with Gasteiger partial charge in [0.15, 0.2) is 0 Å². The van der Waals surface area contributed by atoms with Crippen molar-refractivity contribution >= 4 is 78.5 Å². The van der Waals surface area contributed by atoms with Gasteiger partial charge in [-0.3, -0.25) is 0 Å².